The number of benzene rings is 8. The van der Waals surface area contributed by atoms with Crippen molar-refractivity contribution in [1.82, 2.24) is 5.32 Å². The predicted molar refractivity (Wildman–Crippen MR) is 439 cm³/mol. The van der Waals surface area contributed by atoms with Gasteiger partial charge in [0.05, 0.1) is 135 Å². The van der Waals surface area contributed by atoms with Gasteiger partial charge in [-0.2, -0.15) is 0 Å². The van der Waals surface area contributed by atoms with Gasteiger partial charge in [0.1, 0.15) is 131 Å². The number of quaternary nitrogens is 4. The van der Waals surface area contributed by atoms with Gasteiger partial charge in [-0.05, 0) is 126 Å². The average molecular weight is 1690 g/mol. The molecule has 7 N–H and O–H groups in total. The molecule has 8 rings (SSSR count). The van der Waals surface area contributed by atoms with Crippen molar-refractivity contribution in [2.45, 2.75) is 57.0 Å². The van der Waals surface area contributed by atoms with Crippen LogP contribution in [-0.2, 0) is 28.7 Å². The van der Waals surface area contributed by atoms with Crippen molar-refractivity contribution in [2.24, 2.45) is 5.73 Å². The first-order valence-corrected chi connectivity index (χ1v) is 35.9. The Morgan fingerprint density at radius 1 is 0.358 bits per heavy atom. The molecule has 0 aliphatic rings. The van der Waals surface area contributed by atoms with Gasteiger partial charge in [0.15, 0.2) is 0 Å². The van der Waals surface area contributed by atoms with E-state index in [1.807, 2.05) is 84.6 Å². The number of esters is 6. The lowest BCUT2D eigenvalue weighted by Crippen LogP contribution is -2.42. The smallest absolute Gasteiger partial charge is 0.341 e. The molecule has 8 aromatic rings. The highest BCUT2D eigenvalue weighted by molar-refractivity contribution is 6.00. The molecule has 0 heterocycles. The quantitative estimate of drug-likeness (QED) is 0.00834. The lowest BCUT2D eigenvalue weighted by Gasteiger charge is -2.26. The molecule has 0 aliphatic carbocycles. The molecule has 656 valence electrons. The minimum Gasteiger partial charge on any atom is -0.465 e. The number of nitrogens with two attached hydrogens (primary N) is 1. The Labute approximate surface area is 696 Å². The van der Waals surface area contributed by atoms with E-state index < -0.39 is 119 Å². The van der Waals surface area contributed by atoms with Crippen molar-refractivity contribution in [3.8, 4) is 67.5 Å². The van der Waals surface area contributed by atoms with E-state index in [2.05, 4.69) is 5.32 Å². The number of aliphatic hydroxyl groups excluding tert-OH is 4. The number of rotatable bonds is 29. The van der Waals surface area contributed by atoms with Crippen LogP contribution in [0.4, 0.5) is 35.1 Å². The molecule has 0 spiro atoms. The second-order valence-electron chi connectivity index (χ2n) is 30.7. The third-order valence-electron chi connectivity index (χ3n) is 16.1. The molecule has 0 saturated carbocycles. The monoisotopic (exact) mass is 1690 g/mol. The van der Waals surface area contributed by atoms with Crippen molar-refractivity contribution < 1.29 is 140 Å². The highest BCUT2D eigenvalue weighted by Crippen LogP contribution is 2.35. The Bertz CT molecular complexity index is 4680. The van der Waals surface area contributed by atoms with Gasteiger partial charge in [-0.1, -0.05) is 24.3 Å². The molecule has 0 radical (unpaired) electrons. The third-order valence-corrected chi connectivity index (χ3v) is 16.1. The van der Waals surface area contributed by atoms with Crippen LogP contribution in [0.15, 0.2) is 146 Å². The molecule has 32 heteroatoms. The summed E-state index contributed by atoms with van der Waals surface area (Å²) in [6.45, 7) is 3.06. The zero-order chi connectivity index (χ0) is 87.1. The molecule has 0 aromatic heterocycles. The minimum absolute atomic E-state index is 0. The molecule has 24 nitrogen and oxygen atoms in total. The Hall–Kier alpha value is -11.4. The van der Waals surface area contributed by atoms with Crippen LogP contribution in [0, 0.1) is 76.2 Å². The summed E-state index contributed by atoms with van der Waals surface area (Å²) in [7, 11) is 25.1. The zero-order valence-electron chi connectivity index (χ0n) is 70.9. The summed E-state index contributed by atoms with van der Waals surface area (Å²) in [4.78, 5) is 97.2. The Balaban J connectivity index is 0.000000791. The number of nitrogens with zero attached hydrogens (tertiary/aromatic N) is 4. The van der Waals surface area contributed by atoms with E-state index in [0.717, 1.165) is 55.6 Å². The van der Waals surface area contributed by atoms with Crippen LogP contribution in [0.5, 0.6) is 23.0 Å². The molecule has 4 unspecified atom stereocenters. The number of methoxy groups -OCH3 is 1. The standard InChI is InChI=1S/C22H26F2NO5.C21H24F2N2O4.C21H24F2NO5.C20H22F2N2O4.4CH3/c1-5-29-22(28)18-10-14(17-8-7-15(23)11-19(17)24)6-9-20(18)30-21(27)12-16(26)13-25(2,3)4;1-24-21(28)17-9-13(16-7-6-14(22)10-18(16)23)5-8-19(17)29-20(27)11-15(26)12-25(2,3)4;1-24(2,3)12-15(25)11-20(26)29-19-8-5-13(9-17(19)21(27)28-4)16-7-6-14(22)10-18(16)23;1-24(2,3)11-14(25)10-19(26)28-18-7-4-12(8-16(18)20(23)27)15-6-5-13(21)9-17(15)22;;;;/h6-11,16,26H,5,12-13H2,1-4H3;5-10,15,26H,11-12H2,1-4H3;5-10,15,25H,11-12H2,1-4H3;4-9,14,25H,10-11H2,1-3H3,(H-,23,27);4*1H3/q+1;;+1;;4*-1/p+2. The number of nitrogens with one attached hydrogen (secondary N) is 1. The summed E-state index contributed by atoms with van der Waals surface area (Å²) in [5.41, 5.74) is 6.57. The zero-order valence-corrected chi connectivity index (χ0v) is 70.9. The van der Waals surface area contributed by atoms with Gasteiger partial charge in [-0.3, -0.25) is 28.8 Å². The summed E-state index contributed by atoms with van der Waals surface area (Å²) in [6, 6.07) is 28.7. The molecular formula is C88H110F8N6O18. The summed E-state index contributed by atoms with van der Waals surface area (Å²) < 4.78 is 141. The van der Waals surface area contributed by atoms with Crippen molar-refractivity contribution >= 4 is 47.6 Å². The van der Waals surface area contributed by atoms with Gasteiger partial charge in [0.25, 0.3) is 11.8 Å². The number of hydrogen-bond donors (Lipinski definition) is 6. The van der Waals surface area contributed by atoms with Gasteiger partial charge >= 0.3 is 35.8 Å². The van der Waals surface area contributed by atoms with Crippen LogP contribution in [-0.4, -0.2) is 242 Å². The molecule has 4 atom stereocenters. The van der Waals surface area contributed by atoms with Gasteiger partial charge < -0.3 is 108 Å². The summed E-state index contributed by atoms with van der Waals surface area (Å²) in [5, 5.41) is 42.5. The number of likely N-dealkylation sites (N-methyl/N-ethyl adjacent to an activating group) is 4. The fraction of sp³-hybridized carbons (Fsp3) is 0.318. The van der Waals surface area contributed by atoms with Crippen LogP contribution in [0.1, 0.15) is 74.0 Å². The number of amides is 2. The predicted octanol–water partition coefficient (Wildman–Crippen LogP) is 12.2. The van der Waals surface area contributed by atoms with Gasteiger partial charge in [-0.25, -0.2) is 44.7 Å². The number of ether oxygens (including phenoxy) is 6. The number of carbonyl (C=O) groups is 8. The van der Waals surface area contributed by atoms with Gasteiger partial charge in [0.2, 0.25) is 0 Å². The molecule has 0 aliphatic heterocycles. The van der Waals surface area contributed by atoms with Crippen molar-refractivity contribution in [2.75, 3.05) is 132 Å². The van der Waals surface area contributed by atoms with E-state index in [9.17, 15) is 93.9 Å². The van der Waals surface area contributed by atoms with E-state index >= 15 is 0 Å². The number of carbonyl (C=O) groups excluding carboxylic acids is 8. The third kappa shape index (κ3) is 35.3. The summed E-state index contributed by atoms with van der Waals surface area (Å²) in [5.74, 6) is -12.1. The van der Waals surface area contributed by atoms with Crippen LogP contribution < -0.4 is 30.0 Å². The summed E-state index contributed by atoms with van der Waals surface area (Å²) in [6.07, 6.45) is -4.68. The van der Waals surface area contributed by atoms with E-state index in [1.54, 1.807) is 6.92 Å². The van der Waals surface area contributed by atoms with E-state index in [4.69, 9.17) is 34.2 Å². The lowest BCUT2D eigenvalue weighted by atomic mass is 10.0. The number of halogens is 8. The lowest BCUT2D eigenvalue weighted by molar-refractivity contribution is -0.873. The molecule has 8 aromatic carbocycles. The van der Waals surface area contributed by atoms with Crippen LogP contribution in [0.25, 0.3) is 44.5 Å². The molecule has 0 bridgehead atoms. The Morgan fingerprint density at radius 2 is 0.592 bits per heavy atom. The molecular weight excluding hydrogens is 1580 g/mol. The summed E-state index contributed by atoms with van der Waals surface area (Å²) >= 11 is 0. The molecule has 2 amide bonds. The normalized spacial score (nSPS) is 12.0. The number of primary amides is 1. The Morgan fingerprint density at radius 3 is 0.817 bits per heavy atom. The maximum atomic E-state index is 14.1. The largest absolute Gasteiger partial charge is 0.465 e. The van der Waals surface area contributed by atoms with Crippen LogP contribution in [0.3, 0.4) is 0 Å². The maximum absolute atomic E-state index is 14.1. The van der Waals surface area contributed by atoms with Crippen LogP contribution in [0.2, 0.25) is 0 Å². The topological polar surface area (TPSA) is 311 Å². The van der Waals surface area contributed by atoms with Crippen molar-refractivity contribution in [1.29, 1.82) is 0 Å². The minimum atomic E-state index is -0.920. The second-order valence-corrected chi connectivity index (χ2v) is 30.7. The van der Waals surface area contributed by atoms with E-state index in [0.29, 0.717) is 55.2 Å². The van der Waals surface area contributed by atoms with E-state index in [-0.39, 0.29) is 141 Å². The first-order chi connectivity index (χ1) is 53.9. The molecule has 120 heavy (non-hydrogen) atoms. The first-order valence-electron chi connectivity index (χ1n) is 35.9. The Kier molecular flexibility index (Phi) is 42.2. The number of hydrogen-bond acceptors (Lipinski definition) is 18. The maximum Gasteiger partial charge on any atom is 0.341 e. The van der Waals surface area contributed by atoms with Crippen LogP contribution >= 0.6 is 0 Å². The average Bonchev–Trinajstić information content (AvgIpc) is 0.822. The SMILES string of the molecule is CCOC(=O)c1cc(-c2ccc(F)cc2F)ccc1OC(=O)CC(O)C[N+](C)(C)C.CNC(=O)c1cc(-c2ccc(F)cc2F)ccc1OC(=O)CC(O)C[N+](C)(C)C.COC(=O)c1cc(-c2ccc(F)cc2F)ccc1OC(=O)CC(O)C[N+](C)(C)C.C[N+](C)(C)CC(O)CC(=O)Oc1ccc(-c2ccc(F)cc2F)cc1C(N)=O.[CH3-].[CH3-].[CH3-].[CH3-]. The molecule has 0 fully saturated rings. The highest BCUT2D eigenvalue weighted by atomic mass is 19.2. The fourth-order valence-corrected chi connectivity index (χ4v) is 11.4. The first kappa shape index (κ1) is 107. The number of aliphatic hydroxyl groups is 4. The second kappa shape index (κ2) is 47.4. The fourth-order valence-electron chi connectivity index (χ4n) is 11.4. The van der Waals surface area contributed by atoms with Gasteiger partial charge in [0, 0.05) is 53.6 Å². The van der Waals surface area contributed by atoms with E-state index in [1.165, 1.54) is 104 Å². The van der Waals surface area contributed by atoms with Crippen molar-refractivity contribution in [3.63, 3.8) is 0 Å². The molecule has 0 saturated heterocycles. The van der Waals surface area contributed by atoms with Gasteiger partial charge in [-0.15, -0.1) is 0 Å². The highest BCUT2D eigenvalue weighted by Gasteiger charge is 2.29. The van der Waals surface area contributed by atoms with Crippen molar-refractivity contribution in [3.05, 3.63) is 244 Å².